The zero-order chi connectivity index (χ0) is 13.8. The summed E-state index contributed by atoms with van der Waals surface area (Å²) in [5, 5.41) is 15.5. The van der Waals surface area contributed by atoms with Gasteiger partial charge < -0.3 is 15.7 Å². The molecule has 2 aliphatic rings. The molecule has 0 heterocycles. The largest absolute Gasteiger partial charge is 0.481 e. The molecule has 4 atom stereocenters. The Morgan fingerprint density at radius 1 is 1.05 bits per heavy atom. The molecule has 0 bridgehead atoms. The van der Waals surface area contributed by atoms with Crippen molar-refractivity contribution in [3.63, 3.8) is 0 Å². The van der Waals surface area contributed by atoms with Crippen molar-refractivity contribution in [2.45, 2.75) is 55.9 Å². The number of urea groups is 1. The maximum absolute atomic E-state index is 11.9. The summed E-state index contributed by atoms with van der Waals surface area (Å²) in [5.74, 6) is -1.04. The van der Waals surface area contributed by atoms with Gasteiger partial charge in [-0.1, -0.05) is 0 Å². The fourth-order valence-electron chi connectivity index (χ4n) is 3.03. The molecule has 2 rings (SSSR count). The van der Waals surface area contributed by atoms with Crippen LogP contribution in [0.2, 0.25) is 0 Å². The molecule has 0 spiro atoms. The van der Waals surface area contributed by atoms with Crippen molar-refractivity contribution < 1.29 is 14.7 Å². The minimum absolute atomic E-state index is 0.0128. The van der Waals surface area contributed by atoms with Gasteiger partial charge in [0.25, 0.3) is 0 Å². The molecule has 3 N–H and O–H groups in total. The van der Waals surface area contributed by atoms with Crippen LogP contribution in [0, 0.1) is 5.92 Å². The number of carbonyl (C=O) groups is 2. The van der Waals surface area contributed by atoms with Crippen LogP contribution in [0.3, 0.4) is 0 Å². The second kappa shape index (κ2) is 6.50. The zero-order valence-electron chi connectivity index (χ0n) is 11.2. The van der Waals surface area contributed by atoms with Gasteiger partial charge in [-0.3, -0.25) is 4.79 Å². The fourth-order valence-corrected chi connectivity index (χ4v) is 3.83. The summed E-state index contributed by atoms with van der Waals surface area (Å²) in [7, 11) is 0. The number of amides is 2. The molecule has 4 unspecified atom stereocenters. The summed E-state index contributed by atoms with van der Waals surface area (Å²) in [5.41, 5.74) is 0. The van der Waals surface area contributed by atoms with E-state index in [0.717, 1.165) is 25.7 Å². The highest BCUT2D eigenvalue weighted by atomic mass is 32.2. The predicted octanol–water partition coefficient (Wildman–Crippen LogP) is 1.82. The molecule has 0 aromatic rings. The quantitative estimate of drug-likeness (QED) is 0.736. The van der Waals surface area contributed by atoms with Crippen molar-refractivity contribution in [1.82, 2.24) is 10.6 Å². The van der Waals surface area contributed by atoms with E-state index < -0.39 is 5.97 Å². The summed E-state index contributed by atoms with van der Waals surface area (Å²) >= 11 is 1.86. The molecule has 0 aliphatic heterocycles. The van der Waals surface area contributed by atoms with Crippen LogP contribution in [-0.2, 0) is 4.79 Å². The third-order valence-corrected chi connectivity index (χ3v) is 5.26. The van der Waals surface area contributed by atoms with Gasteiger partial charge in [-0.15, -0.1) is 0 Å². The number of carbonyl (C=O) groups excluding carboxylic acids is 1. The smallest absolute Gasteiger partial charge is 0.315 e. The van der Waals surface area contributed by atoms with Crippen molar-refractivity contribution in [2.24, 2.45) is 5.92 Å². The second-order valence-corrected chi connectivity index (χ2v) is 6.67. The number of hydrogen-bond donors (Lipinski definition) is 3. The molecular formula is C13H22N2O3S. The van der Waals surface area contributed by atoms with Gasteiger partial charge in [0.2, 0.25) is 0 Å². The van der Waals surface area contributed by atoms with E-state index in [1.165, 1.54) is 0 Å². The summed E-state index contributed by atoms with van der Waals surface area (Å²) in [6, 6.07) is 0.149. The summed E-state index contributed by atoms with van der Waals surface area (Å²) < 4.78 is 0. The number of nitrogens with one attached hydrogen (secondary N) is 2. The van der Waals surface area contributed by atoms with E-state index in [1.54, 1.807) is 0 Å². The van der Waals surface area contributed by atoms with Gasteiger partial charge in [0, 0.05) is 17.3 Å². The zero-order valence-corrected chi connectivity index (χ0v) is 12.0. The summed E-state index contributed by atoms with van der Waals surface area (Å²) in [4.78, 5) is 22.7. The number of carboxylic acid groups (broad SMARTS) is 1. The van der Waals surface area contributed by atoms with E-state index in [-0.39, 0.29) is 24.0 Å². The summed E-state index contributed by atoms with van der Waals surface area (Å²) in [6.07, 6.45) is 7.34. The Labute approximate surface area is 117 Å². The normalized spacial score (nSPS) is 34.2. The van der Waals surface area contributed by atoms with Crippen LogP contribution in [0.15, 0.2) is 0 Å². The van der Waals surface area contributed by atoms with Gasteiger partial charge in [0.05, 0.1) is 5.92 Å². The highest BCUT2D eigenvalue weighted by Crippen LogP contribution is 2.28. The SMILES string of the molecule is CSC1CCC(NC(=O)NC2CCC(C(=O)O)C2)C1. The number of aliphatic carboxylic acids is 1. The highest BCUT2D eigenvalue weighted by Gasteiger charge is 2.31. The lowest BCUT2D eigenvalue weighted by atomic mass is 10.1. The van der Waals surface area contributed by atoms with Gasteiger partial charge in [0.15, 0.2) is 0 Å². The molecule has 0 radical (unpaired) electrons. The van der Waals surface area contributed by atoms with Crippen molar-refractivity contribution in [3.05, 3.63) is 0 Å². The fraction of sp³-hybridized carbons (Fsp3) is 0.846. The first-order valence-corrected chi connectivity index (χ1v) is 8.20. The van der Waals surface area contributed by atoms with Crippen LogP contribution in [0.5, 0.6) is 0 Å². The average molecular weight is 286 g/mol. The summed E-state index contributed by atoms with van der Waals surface area (Å²) in [6.45, 7) is 0. The minimum Gasteiger partial charge on any atom is -0.481 e. The third kappa shape index (κ3) is 4.03. The van der Waals surface area contributed by atoms with Gasteiger partial charge in [-0.2, -0.15) is 11.8 Å². The molecule has 2 aliphatic carbocycles. The molecule has 0 aromatic heterocycles. The van der Waals surface area contributed by atoms with Crippen LogP contribution in [-0.4, -0.2) is 40.7 Å². The molecule has 2 saturated carbocycles. The first-order chi connectivity index (χ1) is 9.08. The molecule has 5 nitrogen and oxygen atoms in total. The number of thioether (sulfide) groups is 1. The Bertz CT molecular complexity index is 351. The molecule has 2 amide bonds. The Kier molecular flexibility index (Phi) is 4.96. The second-order valence-electron chi connectivity index (χ2n) is 5.53. The molecular weight excluding hydrogens is 264 g/mol. The minimum atomic E-state index is -0.747. The molecule has 19 heavy (non-hydrogen) atoms. The van der Waals surface area contributed by atoms with E-state index in [9.17, 15) is 9.59 Å². The first kappa shape index (κ1) is 14.5. The van der Waals surface area contributed by atoms with E-state index in [2.05, 4.69) is 16.9 Å². The van der Waals surface area contributed by atoms with Crippen LogP contribution in [0.25, 0.3) is 0 Å². The van der Waals surface area contributed by atoms with Gasteiger partial charge in [0.1, 0.15) is 0 Å². The van der Waals surface area contributed by atoms with Crippen molar-refractivity contribution in [3.8, 4) is 0 Å². The van der Waals surface area contributed by atoms with E-state index in [0.29, 0.717) is 18.1 Å². The Hall–Kier alpha value is -0.910. The predicted molar refractivity (Wildman–Crippen MR) is 75.4 cm³/mol. The lowest BCUT2D eigenvalue weighted by molar-refractivity contribution is -0.141. The van der Waals surface area contributed by atoms with Crippen LogP contribution in [0.1, 0.15) is 38.5 Å². The standard InChI is InChI=1S/C13H22N2O3S/c1-19-11-5-4-10(7-11)15-13(18)14-9-3-2-8(6-9)12(16)17/h8-11H,2-7H2,1H3,(H,16,17)(H2,14,15,18). The van der Waals surface area contributed by atoms with E-state index in [4.69, 9.17) is 5.11 Å². The lowest BCUT2D eigenvalue weighted by Gasteiger charge is -2.17. The molecule has 2 fully saturated rings. The topological polar surface area (TPSA) is 78.4 Å². The van der Waals surface area contributed by atoms with Crippen LogP contribution >= 0.6 is 11.8 Å². The molecule has 6 heteroatoms. The van der Waals surface area contributed by atoms with E-state index in [1.807, 2.05) is 11.8 Å². The van der Waals surface area contributed by atoms with E-state index >= 15 is 0 Å². The van der Waals surface area contributed by atoms with Crippen LogP contribution < -0.4 is 10.6 Å². The third-order valence-electron chi connectivity index (χ3n) is 4.17. The van der Waals surface area contributed by atoms with Crippen LogP contribution in [0.4, 0.5) is 4.79 Å². The number of carboxylic acids is 1. The molecule has 0 aromatic carbocycles. The van der Waals surface area contributed by atoms with Crippen molar-refractivity contribution in [2.75, 3.05) is 6.26 Å². The Balaban J connectivity index is 1.69. The average Bonchev–Trinajstić information content (AvgIpc) is 2.98. The lowest BCUT2D eigenvalue weighted by Crippen LogP contribution is -2.45. The first-order valence-electron chi connectivity index (χ1n) is 6.91. The van der Waals surface area contributed by atoms with Gasteiger partial charge in [-0.25, -0.2) is 4.79 Å². The van der Waals surface area contributed by atoms with Gasteiger partial charge >= 0.3 is 12.0 Å². The molecule has 108 valence electrons. The monoisotopic (exact) mass is 286 g/mol. The highest BCUT2D eigenvalue weighted by molar-refractivity contribution is 7.99. The van der Waals surface area contributed by atoms with Crippen molar-refractivity contribution >= 4 is 23.8 Å². The maximum atomic E-state index is 11.9. The van der Waals surface area contributed by atoms with Gasteiger partial charge in [-0.05, 0) is 44.8 Å². The number of rotatable bonds is 4. The Morgan fingerprint density at radius 2 is 1.68 bits per heavy atom. The Morgan fingerprint density at radius 3 is 2.21 bits per heavy atom. The van der Waals surface area contributed by atoms with Crippen molar-refractivity contribution in [1.29, 1.82) is 0 Å². The number of hydrogen-bond acceptors (Lipinski definition) is 3. The molecule has 0 saturated heterocycles. The maximum Gasteiger partial charge on any atom is 0.315 e.